The molecule has 1 aromatic carbocycles. The Morgan fingerprint density at radius 1 is 1.37 bits per heavy atom. The number of methoxy groups -OCH3 is 1. The molecular weight excluding hydrogens is 246 g/mol. The molecule has 0 aliphatic carbocycles. The van der Waals surface area contributed by atoms with Crippen molar-refractivity contribution >= 4 is 6.08 Å². The van der Waals surface area contributed by atoms with Crippen molar-refractivity contribution in [1.29, 1.82) is 0 Å². The van der Waals surface area contributed by atoms with E-state index in [1.807, 2.05) is 6.92 Å². The molecule has 0 amide bonds. The normalized spacial score (nSPS) is 11.2. The third kappa shape index (κ3) is 4.28. The van der Waals surface area contributed by atoms with Crippen LogP contribution in [0.2, 0.25) is 0 Å². The van der Waals surface area contributed by atoms with Crippen molar-refractivity contribution in [2.45, 2.75) is 26.7 Å². The third-order valence-corrected chi connectivity index (χ3v) is 2.58. The molecule has 0 unspecified atom stereocenters. The molecule has 5 nitrogen and oxygen atoms in total. The Balaban J connectivity index is 3.06. The predicted molar refractivity (Wildman–Crippen MR) is 74.0 cm³/mol. The number of nitrogens with zero attached hydrogens (tertiary/aromatic N) is 1. The highest BCUT2D eigenvalue weighted by Crippen LogP contribution is 2.29. The molecule has 0 bridgehead atoms. The maximum atomic E-state index is 10.8. The lowest BCUT2D eigenvalue weighted by Crippen LogP contribution is -1.99. The number of benzene rings is 1. The molecule has 0 aliphatic rings. The number of rotatable bonds is 7. The maximum absolute atomic E-state index is 10.8. The number of ether oxygens (including phenoxy) is 2. The summed E-state index contributed by atoms with van der Waals surface area (Å²) in [4.78, 5) is 10.4. The van der Waals surface area contributed by atoms with Gasteiger partial charge >= 0.3 is 0 Å². The molecule has 0 fully saturated rings. The second-order valence-corrected chi connectivity index (χ2v) is 4.01. The molecule has 5 heteroatoms. The first-order valence-electron chi connectivity index (χ1n) is 6.28. The van der Waals surface area contributed by atoms with Crippen molar-refractivity contribution in [1.82, 2.24) is 0 Å². The summed E-state index contributed by atoms with van der Waals surface area (Å²) in [6.07, 6.45) is 2.82. The Hall–Kier alpha value is -2.04. The quantitative estimate of drug-likeness (QED) is 0.559. The van der Waals surface area contributed by atoms with Crippen LogP contribution in [-0.2, 0) is 0 Å². The van der Waals surface area contributed by atoms with Gasteiger partial charge in [0.15, 0.2) is 11.5 Å². The Bertz CT molecular complexity index is 469. The highest BCUT2D eigenvalue weighted by molar-refractivity contribution is 5.57. The van der Waals surface area contributed by atoms with Gasteiger partial charge in [0.25, 0.3) is 0 Å². The minimum Gasteiger partial charge on any atom is -0.493 e. The number of hydrogen-bond acceptors (Lipinski definition) is 4. The molecule has 1 aromatic rings. The topological polar surface area (TPSA) is 61.6 Å². The van der Waals surface area contributed by atoms with Gasteiger partial charge in [-0.25, -0.2) is 0 Å². The Morgan fingerprint density at radius 3 is 2.63 bits per heavy atom. The van der Waals surface area contributed by atoms with Crippen LogP contribution in [0.5, 0.6) is 11.5 Å². The number of allylic oxidation sites excluding steroid dienone is 1. The first-order valence-corrected chi connectivity index (χ1v) is 6.28. The van der Waals surface area contributed by atoms with Gasteiger partial charge in [-0.2, -0.15) is 0 Å². The van der Waals surface area contributed by atoms with Gasteiger partial charge in [0.1, 0.15) is 0 Å². The second kappa shape index (κ2) is 7.41. The Labute approximate surface area is 113 Å². The van der Waals surface area contributed by atoms with Crippen molar-refractivity contribution in [2.24, 2.45) is 0 Å². The van der Waals surface area contributed by atoms with Crippen LogP contribution in [0.15, 0.2) is 23.9 Å². The fraction of sp³-hybridized carbons (Fsp3) is 0.429. The average molecular weight is 265 g/mol. The molecule has 0 saturated heterocycles. The lowest BCUT2D eigenvalue weighted by Gasteiger charge is -2.10. The van der Waals surface area contributed by atoms with Crippen molar-refractivity contribution in [2.75, 3.05) is 13.7 Å². The largest absolute Gasteiger partial charge is 0.493 e. The minimum absolute atomic E-state index is 0.173. The van der Waals surface area contributed by atoms with Gasteiger partial charge in [-0.05, 0) is 24.1 Å². The average Bonchev–Trinajstić information content (AvgIpc) is 2.42. The van der Waals surface area contributed by atoms with E-state index in [0.717, 1.165) is 12.0 Å². The van der Waals surface area contributed by atoms with Crippen LogP contribution in [0.1, 0.15) is 32.3 Å². The molecule has 19 heavy (non-hydrogen) atoms. The predicted octanol–water partition coefficient (Wildman–Crippen LogP) is 3.51. The van der Waals surface area contributed by atoms with E-state index in [1.165, 1.54) is 0 Å². The summed E-state index contributed by atoms with van der Waals surface area (Å²) >= 11 is 0. The molecule has 0 spiro atoms. The highest BCUT2D eigenvalue weighted by Gasteiger charge is 2.09. The molecule has 0 radical (unpaired) electrons. The van der Waals surface area contributed by atoms with Crippen LogP contribution in [0.3, 0.4) is 0 Å². The van der Waals surface area contributed by atoms with E-state index in [0.29, 0.717) is 24.5 Å². The standard InChI is InChI=1S/C14H19NO4/c1-4-8-19-14-10-11(6-7-13(14)18-3)9-12(5-2)15(16)17/h6-7,9-10H,4-5,8H2,1-3H3. The van der Waals surface area contributed by atoms with Crippen molar-refractivity contribution in [3.05, 3.63) is 39.6 Å². The summed E-state index contributed by atoms with van der Waals surface area (Å²) < 4.78 is 10.8. The van der Waals surface area contributed by atoms with E-state index in [1.54, 1.807) is 38.3 Å². The highest BCUT2D eigenvalue weighted by atomic mass is 16.6. The van der Waals surface area contributed by atoms with E-state index >= 15 is 0 Å². The molecule has 104 valence electrons. The van der Waals surface area contributed by atoms with Crippen LogP contribution in [-0.4, -0.2) is 18.6 Å². The smallest absolute Gasteiger partial charge is 0.246 e. The molecular formula is C14H19NO4. The molecule has 0 atom stereocenters. The molecule has 0 heterocycles. The molecule has 0 aliphatic heterocycles. The minimum atomic E-state index is -0.364. The first kappa shape index (κ1) is 15.0. The fourth-order valence-electron chi connectivity index (χ4n) is 1.58. The Morgan fingerprint density at radius 2 is 2.11 bits per heavy atom. The molecule has 1 rings (SSSR count). The van der Waals surface area contributed by atoms with E-state index < -0.39 is 0 Å². The Kier molecular flexibility index (Phi) is 5.85. The SMILES string of the molecule is CCCOc1cc(C=C(CC)[N+](=O)[O-])ccc1OC. The second-order valence-electron chi connectivity index (χ2n) is 4.01. The first-order chi connectivity index (χ1) is 9.12. The van der Waals surface area contributed by atoms with E-state index in [4.69, 9.17) is 9.47 Å². The van der Waals surface area contributed by atoms with Crippen molar-refractivity contribution in [3.8, 4) is 11.5 Å². The van der Waals surface area contributed by atoms with Crippen LogP contribution in [0.4, 0.5) is 0 Å². The van der Waals surface area contributed by atoms with Gasteiger partial charge in [0.2, 0.25) is 5.70 Å². The van der Waals surface area contributed by atoms with Gasteiger partial charge in [-0.3, -0.25) is 10.1 Å². The van der Waals surface area contributed by atoms with Crippen molar-refractivity contribution < 1.29 is 14.4 Å². The van der Waals surface area contributed by atoms with Gasteiger partial charge in [0.05, 0.1) is 18.6 Å². The van der Waals surface area contributed by atoms with Gasteiger partial charge in [-0.1, -0.05) is 19.9 Å². The summed E-state index contributed by atoms with van der Waals surface area (Å²) in [6, 6.07) is 5.29. The zero-order valence-electron chi connectivity index (χ0n) is 11.5. The zero-order valence-corrected chi connectivity index (χ0v) is 11.5. The summed E-state index contributed by atoms with van der Waals surface area (Å²) in [5.41, 5.74) is 0.909. The summed E-state index contributed by atoms with van der Waals surface area (Å²) in [7, 11) is 1.57. The number of nitro groups is 1. The van der Waals surface area contributed by atoms with Crippen LogP contribution in [0.25, 0.3) is 6.08 Å². The van der Waals surface area contributed by atoms with Gasteiger partial charge < -0.3 is 9.47 Å². The van der Waals surface area contributed by atoms with Gasteiger partial charge in [-0.15, -0.1) is 0 Å². The summed E-state index contributed by atoms with van der Waals surface area (Å²) in [5, 5.41) is 10.8. The fourth-order valence-corrected chi connectivity index (χ4v) is 1.58. The van der Waals surface area contributed by atoms with E-state index in [2.05, 4.69) is 0 Å². The van der Waals surface area contributed by atoms with Crippen LogP contribution >= 0.6 is 0 Å². The molecule has 0 N–H and O–H groups in total. The van der Waals surface area contributed by atoms with Gasteiger partial charge in [0, 0.05) is 12.5 Å². The maximum Gasteiger partial charge on any atom is 0.246 e. The monoisotopic (exact) mass is 265 g/mol. The lowest BCUT2D eigenvalue weighted by atomic mass is 10.1. The van der Waals surface area contributed by atoms with Crippen LogP contribution in [0, 0.1) is 10.1 Å². The number of hydrogen-bond donors (Lipinski definition) is 0. The van der Waals surface area contributed by atoms with E-state index in [-0.39, 0.29) is 10.6 Å². The third-order valence-electron chi connectivity index (χ3n) is 2.58. The zero-order chi connectivity index (χ0) is 14.3. The lowest BCUT2D eigenvalue weighted by molar-refractivity contribution is -0.425. The molecule has 0 saturated carbocycles. The molecule has 0 aromatic heterocycles. The summed E-state index contributed by atoms with van der Waals surface area (Å²) in [6.45, 7) is 4.35. The van der Waals surface area contributed by atoms with E-state index in [9.17, 15) is 10.1 Å². The van der Waals surface area contributed by atoms with Crippen molar-refractivity contribution in [3.63, 3.8) is 0 Å². The summed E-state index contributed by atoms with van der Waals surface area (Å²) in [5.74, 6) is 1.24. The van der Waals surface area contributed by atoms with Crippen LogP contribution < -0.4 is 9.47 Å².